The highest BCUT2D eigenvalue weighted by atomic mass is 19.3. The van der Waals surface area contributed by atoms with E-state index in [9.17, 15) is 8.78 Å². The summed E-state index contributed by atoms with van der Waals surface area (Å²) in [4.78, 5) is 0. The van der Waals surface area contributed by atoms with Crippen LogP contribution in [0.15, 0.2) is 18.5 Å². The first kappa shape index (κ1) is 11.2. The SMILES string of the molecule is CNC(c1ccn(C(F)F)c1)C(C)C. The molecule has 0 aliphatic rings. The fourth-order valence-corrected chi connectivity index (χ4v) is 1.62. The van der Waals surface area contributed by atoms with Crippen LogP contribution in [0.5, 0.6) is 0 Å². The van der Waals surface area contributed by atoms with Crippen molar-refractivity contribution in [2.45, 2.75) is 26.4 Å². The van der Waals surface area contributed by atoms with Crippen molar-refractivity contribution >= 4 is 0 Å². The molecule has 0 bridgehead atoms. The Hall–Kier alpha value is -0.900. The van der Waals surface area contributed by atoms with Gasteiger partial charge in [0.25, 0.3) is 0 Å². The molecular formula is C10H16F2N2. The molecule has 0 aromatic carbocycles. The second-order valence-electron chi connectivity index (χ2n) is 3.68. The van der Waals surface area contributed by atoms with E-state index in [2.05, 4.69) is 19.2 Å². The number of nitrogens with one attached hydrogen (secondary N) is 1. The largest absolute Gasteiger partial charge is 0.318 e. The van der Waals surface area contributed by atoms with Gasteiger partial charge in [0.15, 0.2) is 0 Å². The minimum Gasteiger partial charge on any atom is -0.313 e. The Labute approximate surface area is 82.9 Å². The lowest BCUT2D eigenvalue weighted by Crippen LogP contribution is -2.21. The molecule has 0 radical (unpaired) electrons. The highest BCUT2D eigenvalue weighted by Crippen LogP contribution is 2.23. The molecule has 1 rings (SSSR count). The summed E-state index contributed by atoms with van der Waals surface area (Å²) in [5.41, 5.74) is 0.905. The second kappa shape index (κ2) is 4.55. The zero-order chi connectivity index (χ0) is 10.7. The molecule has 2 nitrogen and oxygen atoms in total. The Morgan fingerprint density at radius 2 is 2.00 bits per heavy atom. The molecule has 1 unspecified atom stereocenters. The van der Waals surface area contributed by atoms with Crippen LogP contribution in [0.25, 0.3) is 0 Å². The second-order valence-corrected chi connectivity index (χ2v) is 3.68. The lowest BCUT2D eigenvalue weighted by atomic mass is 9.99. The summed E-state index contributed by atoms with van der Waals surface area (Å²) in [7, 11) is 1.84. The third-order valence-corrected chi connectivity index (χ3v) is 2.30. The van der Waals surface area contributed by atoms with Gasteiger partial charge in [-0.25, -0.2) is 0 Å². The molecule has 0 aliphatic heterocycles. The van der Waals surface area contributed by atoms with Crippen molar-refractivity contribution in [2.24, 2.45) is 5.92 Å². The highest BCUT2D eigenvalue weighted by Gasteiger charge is 2.15. The fourth-order valence-electron chi connectivity index (χ4n) is 1.62. The van der Waals surface area contributed by atoms with Crippen LogP contribution in [0.3, 0.4) is 0 Å². The van der Waals surface area contributed by atoms with Crippen LogP contribution in [-0.4, -0.2) is 11.6 Å². The Morgan fingerprint density at radius 1 is 1.36 bits per heavy atom. The lowest BCUT2D eigenvalue weighted by molar-refractivity contribution is 0.0704. The fraction of sp³-hybridized carbons (Fsp3) is 0.600. The van der Waals surface area contributed by atoms with Gasteiger partial charge in [-0.15, -0.1) is 0 Å². The van der Waals surface area contributed by atoms with Gasteiger partial charge >= 0.3 is 6.55 Å². The van der Waals surface area contributed by atoms with Gasteiger partial charge in [-0.1, -0.05) is 13.8 Å². The number of hydrogen-bond donors (Lipinski definition) is 1. The summed E-state index contributed by atoms with van der Waals surface area (Å²) in [6.45, 7) is 1.66. The molecule has 14 heavy (non-hydrogen) atoms. The number of halogens is 2. The first-order valence-corrected chi connectivity index (χ1v) is 4.69. The number of rotatable bonds is 4. The third kappa shape index (κ3) is 2.32. The van der Waals surface area contributed by atoms with Gasteiger partial charge < -0.3 is 5.32 Å². The molecule has 1 aromatic rings. The topological polar surface area (TPSA) is 17.0 Å². The molecule has 4 heteroatoms. The van der Waals surface area contributed by atoms with E-state index < -0.39 is 6.55 Å². The van der Waals surface area contributed by atoms with E-state index in [1.165, 1.54) is 12.4 Å². The van der Waals surface area contributed by atoms with Crippen LogP contribution in [-0.2, 0) is 0 Å². The maximum Gasteiger partial charge on any atom is 0.318 e. The first-order valence-electron chi connectivity index (χ1n) is 4.69. The average molecular weight is 202 g/mol. The van der Waals surface area contributed by atoms with Crippen molar-refractivity contribution in [3.05, 3.63) is 24.0 Å². The van der Waals surface area contributed by atoms with Crippen LogP contribution in [0.4, 0.5) is 8.78 Å². The molecule has 0 aliphatic carbocycles. The summed E-state index contributed by atoms with van der Waals surface area (Å²) in [5, 5.41) is 3.11. The quantitative estimate of drug-likeness (QED) is 0.794. The molecule has 1 aromatic heterocycles. The van der Waals surface area contributed by atoms with Crippen molar-refractivity contribution in [2.75, 3.05) is 7.05 Å². The van der Waals surface area contributed by atoms with Crippen molar-refractivity contribution in [1.82, 2.24) is 9.88 Å². The van der Waals surface area contributed by atoms with Crippen LogP contribution in [0, 0.1) is 5.92 Å². The monoisotopic (exact) mass is 202 g/mol. The number of aromatic nitrogens is 1. The van der Waals surface area contributed by atoms with Crippen molar-refractivity contribution in [3.63, 3.8) is 0 Å². The summed E-state index contributed by atoms with van der Waals surface area (Å²) in [6.07, 6.45) is 2.90. The Kier molecular flexibility index (Phi) is 3.63. The van der Waals surface area contributed by atoms with E-state index in [0.29, 0.717) is 5.92 Å². The maximum absolute atomic E-state index is 12.3. The standard InChI is InChI=1S/C10H16F2N2/c1-7(2)9(13-3)8-4-5-14(6-8)10(11)12/h4-7,9-10,13H,1-3H3. The molecule has 1 N–H and O–H groups in total. The molecule has 0 fully saturated rings. The third-order valence-electron chi connectivity index (χ3n) is 2.30. The molecule has 0 saturated carbocycles. The van der Waals surface area contributed by atoms with Gasteiger partial charge in [0.1, 0.15) is 0 Å². The van der Waals surface area contributed by atoms with E-state index in [-0.39, 0.29) is 6.04 Å². The van der Waals surface area contributed by atoms with Crippen LogP contribution >= 0.6 is 0 Å². The summed E-state index contributed by atoms with van der Waals surface area (Å²) >= 11 is 0. The summed E-state index contributed by atoms with van der Waals surface area (Å²) < 4.78 is 25.5. The van der Waals surface area contributed by atoms with Crippen LogP contribution < -0.4 is 5.32 Å². The minimum atomic E-state index is -2.45. The predicted molar refractivity (Wildman–Crippen MR) is 52.3 cm³/mol. The van der Waals surface area contributed by atoms with E-state index in [1.54, 1.807) is 6.07 Å². The molecule has 0 amide bonds. The minimum absolute atomic E-state index is 0.134. The van der Waals surface area contributed by atoms with Crippen molar-refractivity contribution in [1.29, 1.82) is 0 Å². The van der Waals surface area contributed by atoms with E-state index in [1.807, 2.05) is 7.05 Å². The normalized spacial score (nSPS) is 13.9. The first-order chi connectivity index (χ1) is 6.56. The predicted octanol–water partition coefficient (Wildman–Crippen LogP) is 2.80. The van der Waals surface area contributed by atoms with E-state index in [4.69, 9.17) is 0 Å². The molecule has 80 valence electrons. The summed E-state index contributed by atoms with van der Waals surface area (Å²) in [6, 6.07) is 1.86. The zero-order valence-electron chi connectivity index (χ0n) is 8.67. The molecule has 0 spiro atoms. The van der Waals surface area contributed by atoms with Gasteiger partial charge in [0.05, 0.1) is 0 Å². The lowest BCUT2D eigenvalue weighted by Gasteiger charge is -2.18. The maximum atomic E-state index is 12.3. The average Bonchev–Trinajstić information content (AvgIpc) is 2.53. The molecule has 1 heterocycles. The number of alkyl halides is 2. The van der Waals surface area contributed by atoms with Crippen LogP contribution in [0.2, 0.25) is 0 Å². The molecule has 1 atom stereocenters. The Balaban J connectivity index is 2.84. The number of nitrogens with zero attached hydrogens (tertiary/aromatic N) is 1. The summed E-state index contributed by atoms with van der Waals surface area (Å²) in [5.74, 6) is 0.383. The van der Waals surface area contributed by atoms with Crippen molar-refractivity contribution < 1.29 is 8.78 Å². The van der Waals surface area contributed by atoms with Gasteiger partial charge in [-0.2, -0.15) is 8.78 Å². The Morgan fingerprint density at radius 3 is 2.36 bits per heavy atom. The van der Waals surface area contributed by atoms with Gasteiger partial charge in [-0.05, 0) is 24.6 Å². The molecular weight excluding hydrogens is 186 g/mol. The highest BCUT2D eigenvalue weighted by molar-refractivity contribution is 5.16. The van der Waals surface area contributed by atoms with Gasteiger partial charge in [0.2, 0.25) is 0 Å². The number of hydrogen-bond acceptors (Lipinski definition) is 1. The van der Waals surface area contributed by atoms with Crippen molar-refractivity contribution in [3.8, 4) is 0 Å². The van der Waals surface area contributed by atoms with E-state index in [0.717, 1.165) is 10.1 Å². The van der Waals surface area contributed by atoms with Crippen LogP contribution in [0.1, 0.15) is 32.0 Å². The van der Waals surface area contributed by atoms with Gasteiger partial charge in [0, 0.05) is 18.4 Å². The van der Waals surface area contributed by atoms with Gasteiger partial charge in [-0.3, -0.25) is 4.57 Å². The van der Waals surface area contributed by atoms with E-state index >= 15 is 0 Å². The smallest absolute Gasteiger partial charge is 0.313 e. The molecule has 0 saturated heterocycles. The zero-order valence-corrected chi connectivity index (χ0v) is 8.67. The Bertz CT molecular complexity index is 281.